The SMILES string of the molecule is Cl.NCCOCCOc1cnn(C(F)F)c1. The summed E-state index contributed by atoms with van der Waals surface area (Å²) < 4.78 is 34.8. The van der Waals surface area contributed by atoms with Crippen molar-refractivity contribution >= 4 is 12.4 Å². The van der Waals surface area contributed by atoms with Crippen molar-refractivity contribution in [3.63, 3.8) is 0 Å². The lowest BCUT2D eigenvalue weighted by molar-refractivity contribution is 0.0561. The van der Waals surface area contributed by atoms with E-state index in [0.717, 1.165) is 6.20 Å². The van der Waals surface area contributed by atoms with Gasteiger partial charge in [-0.1, -0.05) is 0 Å². The van der Waals surface area contributed by atoms with Gasteiger partial charge in [-0.15, -0.1) is 12.4 Å². The van der Waals surface area contributed by atoms with Gasteiger partial charge < -0.3 is 15.2 Å². The van der Waals surface area contributed by atoms with Gasteiger partial charge in [0.25, 0.3) is 0 Å². The number of alkyl halides is 2. The monoisotopic (exact) mass is 257 g/mol. The van der Waals surface area contributed by atoms with Crippen LogP contribution in [0.15, 0.2) is 12.4 Å². The van der Waals surface area contributed by atoms with Crippen molar-refractivity contribution in [3.8, 4) is 5.75 Å². The minimum Gasteiger partial charge on any atom is -0.488 e. The Morgan fingerprint density at radius 1 is 1.38 bits per heavy atom. The second-order valence-electron chi connectivity index (χ2n) is 2.68. The zero-order valence-corrected chi connectivity index (χ0v) is 9.33. The highest BCUT2D eigenvalue weighted by Gasteiger charge is 2.07. The van der Waals surface area contributed by atoms with Crippen molar-refractivity contribution in [2.45, 2.75) is 6.55 Å². The van der Waals surface area contributed by atoms with Gasteiger partial charge in [0.2, 0.25) is 0 Å². The summed E-state index contributed by atoms with van der Waals surface area (Å²) in [6, 6.07) is 0. The smallest absolute Gasteiger partial charge is 0.333 e. The first-order valence-corrected chi connectivity index (χ1v) is 4.47. The lowest BCUT2D eigenvalue weighted by Crippen LogP contribution is -2.12. The van der Waals surface area contributed by atoms with E-state index in [9.17, 15) is 8.78 Å². The fourth-order valence-electron chi connectivity index (χ4n) is 0.906. The first kappa shape index (κ1) is 15.1. The molecule has 0 bridgehead atoms. The predicted octanol–water partition coefficient (Wildman–Crippen LogP) is 1.05. The Morgan fingerprint density at radius 2 is 2.12 bits per heavy atom. The molecule has 2 N–H and O–H groups in total. The van der Waals surface area contributed by atoms with Crippen LogP contribution in [-0.2, 0) is 4.74 Å². The highest BCUT2D eigenvalue weighted by molar-refractivity contribution is 5.85. The third-order valence-corrected chi connectivity index (χ3v) is 1.54. The predicted molar refractivity (Wildman–Crippen MR) is 56.1 cm³/mol. The molecule has 1 aromatic heterocycles. The molecule has 0 aromatic carbocycles. The van der Waals surface area contributed by atoms with Gasteiger partial charge in [0.1, 0.15) is 6.61 Å². The molecular formula is C8H14ClF2N3O2. The first-order chi connectivity index (χ1) is 7.24. The standard InChI is InChI=1S/C8H13F2N3O2.ClH/c9-8(10)13-6-7(5-12-13)15-4-3-14-2-1-11;/h5-6,8H,1-4,11H2;1H. The number of aromatic nitrogens is 2. The van der Waals surface area contributed by atoms with Gasteiger partial charge in [0, 0.05) is 6.54 Å². The van der Waals surface area contributed by atoms with Crippen molar-refractivity contribution in [2.75, 3.05) is 26.4 Å². The van der Waals surface area contributed by atoms with E-state index >= 15 is 0 Å². The van der Waals surface area contributed by atoms with Gasteiger partial charge in [0.15, 0.2) is 5.75 Å². The molecule has 0 saturated heterocycles. The topological polar surface area (TPSA) is 62.3 Å². The highest BCUT2D eigenvalue weighted by Crippen LogP contribution is 2.14. The summed E-state index contributed by atoms with van der Waals surface area (Å²) in [5.41, 5.74) is 5.20. The quantitative estimate of drug-likeness (QED) is 0.742. The summed E-state index contributed by atoms with van der Waals surface area (Å²) in [6.45, 7) is -1.08. The molecular weight excluding hydrogens is 244 g/mol. The zero-order valence-electron chi connectivity index (χ0n) is 8.51. The molecule has 1 aromatic rings. The summed E-state index contributed by atoms with van der Waals surface area (Å²) in [7, 11) is 0. The van der Waals surface area contributed by atoms with Gasteiger partial charge in [-0.3, -0.25) is 0 Å². The minimum atomic E-state index is -2.64. The molecule has 0 fully saturated rings. The van der Waals surface area contributed by atoms with Crippen LogP contribution in [0.5, 0.6) is 5.75 Å². The average molecular weight is 258 g/mol. The molecule has 1 heterocycles. The van der Waals surface area contributed by atoms with Crippen molar-refractivity contribution < 1.29 is 18.3 Å². The zero-order chi connectivity index (χ0) is 11.1. The molecule has 0 atom stereocenters. The van der Waals surface area contributed by atoms with E-state index < -0.39 is 6.55 Å². The van der Waals surface area contributed by atoms with Crippen LogP contribution in [0.2, 0.25) is 0 Å². The molecule has 5 nitrogen and oxygen atoms in total. The molecule has 94 valence electrons. The molecule has 0 aliphatic carbocycles. The van der Waals surface area contributed by atoms with Crippen LogP contribution >= 0.6 is 12.4 Å². The maximum absolute atomic E-state index is 12.1. The summed E-state index contributed by atoms with van der Waals surface area (Å²) in [6.07, 6.45) is 2.36. The molecule has 8 heteroatoms. The Morgan fingerprint density at radius 3 is 2.69 bits per heavy atom. The summed E-state index contributed by atoms with van der Waals surface area (Å²) >= 11 is 0. The Kier molecular flexibility index (Phi) is 7.78. The minimum absolute atomic E-state index is 0. The third-order valence-electron chi connectivity index (χ3n) is 1.54. The number of hydrogen-bond acceptors (Lipinski definition) is 4. The Bertz CT molecular complexity index is 286. The first-order valence-electron chi connectivity index (χ1n) is 4.47. The van der Waals surface area contributed by atoms with Crippen LogP contribution < -0.4 is 10.5 Å². The molecule has 0 aliphatic rings. The van der Waals surface area contributed by atoms with Crippen molar-refractivity contribution in [1.29, 1.82) is 0 Å². The van der Waals surface area contributed by atoms with Gasteiger partial charge in [0.05, 0.1) is 25.6 Å². The molecule has 0 spiro atoms. The Hall–Kier alpha value is -0.920. The number of hydrogen-bond donors (Lipinski definition) is 1. The fourth-order valence-corrected chi connectivity index (χ4v) is 0.906. The van der Waals surface area contributed by atoms with Gasteiger partial charge >= 0.3 is 6.55 Å². The summed E-state index contributed by atoms with van der Waals surface area (Å²) in [5.74, 6) is 0.298. The Balaban J connectivity index is 0.00000225. The van der Waals surface area contributed by atoms with Crippen LogP contribution in [0, 0.1) is 0 Å². The number of nitrogens with two attached hydrogens (primary N) is 1. The van der Waals surface area contributed by atoms with E-state index in [1.807, 2.05) is 0 Å². The normalized spacial score (nSPS) is 10.2. The van der Waals surface area contributed by atoms with E-state index in [1.54, 1.807) is 0 Å². The van der Waals surface area contributed by atoms with Crippen LogP contribution in [0.4, 0.5) is 8.78 Å². The van der Waals surface area contributed by atoms with Crippen LogP contribution in [-0.4, -0.2) is 36.1 Å². The summed E-state index contributed by atoms with van der Waals surface area (Å²) in [4.78, 5) is 0. The molecule has 0 aliphatic heterocycles. The Labute approximate surface area is 97.9 Å². The molecule has 0 saturated carbocycles. The molecule has 0 unspecified atom stereocenters. The van der Waals surface area contributed by atoms with E-state index in [2.05, 4.69) is 5.10 Å². The van der Waals surface area contributed by atoms with Crippen LogP contribution in [0.3, 0.4) is 0 Å². The van der Waals surface area contributed by atoms with Gasteiger partial charge in [-0.2, -0.15) is 13.9 Å². The summed E-state index contributed by atoms with van der Waals surface area (Å²) in [5, 5.41) is 3.41. The van der Waals surface area contributed by atoms with E-state index in [4.69, 9.17) is 15.2 Å². The maximum atomic E-state index is 12.1. The largest absolute Gasteiger partial charge is 0.488 e. The average Bonchev–Trinajstić information content (AvgIpc) is 2.66. The molecule has 1 rings (SSSR count). The number of halogens is 3. The second kappa shape index (κ2) is 8.26. The van der Waals surface area contributed by atoms with E-state index in [-0.39, 0.29) is 19.0 Å². The van der Waals surface area contributed by atoms with Gasteiger partial charge in [-0.25, -0.2) is 4.68 Å². The third kappa shape index (κ3) is 5.24. The fraction of sp³-hybridized carbons (Fsp3) is 0.625. The number of nitrogens with zero attached hydrogens (tertiary/aromatic N) is 2. The lowest BCUT2D eigenvalue weighted by atomic mass is 10.6. The maximum Gasteiger partial charge on any atom is 0.333 e. The lowest BCUT2D eigenvalue weighted by Gasteiger charge is -2.03. The van der Waals surface area contributed by atoms with Crippen molar-refractivity contribution in [2.24, 2.45) is 5.73 Å². The van der Waals surface area contributed by atoms with E-state index in [1.165, 1.54) is 6.20 Å². The van der Waals surface area contributed by atoms with Crippen LogP contribution in [0.25, 0.3) is 0 Å². The number of ether oxygens (including phenoxy) is 2. The second-order valence-corrected chi connectivity index (χ2v) is 2.68. The molecule has 16 heavy (non-hydrogen) atoms. The number of rotatable bonds is 7. The highest BCUT2D eigenvalue weighted by atomic mass is 35.5. The molecule has 0 radical (unpaired) electrons. The van der Waals surface area contributed by atoms with E-state index in [0.29, 0.717) is 30.2 Å². The van der Waals surface area contributed by atoms with Crippen molar-refractivity contribution in [3.05, 3.63) is 12.4 Å². The van der Waals surface area contributed by atoms with Crippen molar-refractivity contribution in [1.82, 2.24) is 9.78 Å². The molecule has 0 amide bonds. The van der Waals surface area contributed by atoms with Crippen LogP contribution in [0.1, 0.15) is 6.55 Å². The van der Waals surface area contributed by atoms with Gasteiger partial charge in [-0.05, 0) is 0 Å².